The normalized spacial score (nSPS) is 25.3. The number of amides is 1. The fourth-order valence-corrected chi connectivity index (χ4v) is 3.67. The van der Waals surface area contributed by atoms with E-state index in [0.717, 1.165) is 18.8 Å². The van der Waals surface area contributed by atoms with Crippen molar-refractivity contribution in [3.63, 3.8) is 0 Å². The minimum Gasteiger partial charge on any atom is -0.353 e. The first-order valence-corrected chi connectivity index (χ1v) is 7.97. The van der Waals surface area contributed by atoms with Crippen molar-refractivity contribution in [2.45, 2.75) is 76.3 Å². The van der Waals surface area contributed by atoms with Crippen LogP contribution in [0.2, 0.25) is 0 Å². The standard InChI is InChI=1S/C15H25N3O.BrH/c19-14-11-16-15(17-12-7-3-1-4-8-12)18(14)13-9-5-2-6-10-13;/h12-13H,1-11H2,(H,16,17);1H. The molecule has 2 aliphatic carbocycles. The zero-order valence-electron chi connectivity index (χ0n) is 12.1. The number of nitrogens with zero attached hydrogens (tertiary/aromatic N) is 2. The van der Waals surface area contributed by atoms with Gasteiger partial charge >= 0.3 is 0 Å². The van der Waals surface area contributed by atoms with Gasteiger partial charge in [-0.3, -0.25) is 9.69 Å². The van der Waals surface area contributed by atoms with Crippen LogP contribution in [0.3, 0.4) is 0 Å². The second kappa shape index (κ2) is 7.43. The lowest BCUT2D eigenvalue weighted by atomic mass is 9.94. The second-order valence-electron chi connectivity index (χ2n) is 6.17. The van der Waals surface area contributed by atoms with Crippen molar-refractivity contribution in [2.24, 2.45) is 4.99 Å². The Kier molecular flexibility index (Phi) is 5.87. The van der Waals surface area contributed by atoms with E-state index in [2.05, 4.69) is 10.3 Å². The van der Waals surface area contributed by atoms with Gasteiger partial charge in [-0.1, -0.05) is 38.5 Å². The lowest BCUT2D eigenvalue weighted by Crippen LogP contribution is -2.51. The molecule has 0 spiro atoms. The summed E-state index contributed by atoms with van der Waals surface area (Å²) in [7, 11) is 0. The number of rotatable bonds is 2. The van der Waals surface area contributed by atoms with Crippen LogP contribution in [-0.4, -0.2) is 35.4 Å². The van der Waals surface area contributed by atoms with Crippen LogP contribution in [0.4, 0.5) is 0 Å². The van der Waals surface area contributed by atoms with Crippen LogP contribution in [0.15, 0.2) is 4.99 Å². The third kappa shape index (κ3) is 3.54. The molecule has 3 rings (SSSR count). The van der Waals surface area contributed by atoms with E-state index in [1.807, 2.05) is 4.90 Å². The Labute approximate surface area is 132 Å². The first-order valence-electron chi connectivity index (χ1n) is 7.97. The van der Waals surface area contributed by atoms with Gasteiger partial charge in [0.1, 0.15) is 6.54 Å². The van der Waals surface area contributed by atoms with Gasteiger partial charge in [0.15, 0.2) is 0 Å². The van der Waals surface area contributed by atoms with Crippen molar-refractivity contribution in [1.29, 1.82) is 0 Å². The molecule has 4 nitrogen and oxygen atoms in total. The monoisotopic (exact) mass is 343 g/mol. The zero-order chi connectivity index (χ0) is 13.1. The van der Waals surface area contributed by atoms with Gasteiger partial charge < -0.3 is 5.32 Å². The van der Waals surface area contributed by atoms with Gasteiger partial charge in [-0.2, -0.15) is 0 Å². The molecule has 1 amide bonds. The number of nitrogens with one attached hydrogen (secondary N) is 1. The first-order chi connectivity index (χ1) is 9.34. The summed E-state index contributed by atoms with van der Waals surface area (Å²) in [5.74, 6) is 1.08. The fraction of sp³-hybridized carbons (Fsp3) is 0.867. The van der Waals surface area contributed by atoms with Crippen LogP contribution >= 0.6 is 17.0 Å². The Hall–Kier alpha value is -0.580. The van der Waals surface area contributed by atoms with Crippen molar-refractivity contribution in [3.05, 3.63) is 0 Å². The molecular formula is C15H26BrN3O. The van der Waals surface area contributed by atoms with Crippen molar-refractivity contribution in [1.82, 2.24) is 10.2 Å². The summed E-state index contributed by atoms with van der Waals surface area (Å²) >= 11 is 0. The van der Waals surface area contributed by atoms with Gasteiger partial charge in [0, 0.05) is 12.1 Å². The number of carbonyl (C=O) groups excluding carboxylic acids is 1. The summed E-state index contributed by atoms with van der Waals surface area (Å²) in [5.41, 5.74) is 0. The van der Waals surface area contributed by atoms with Gasteiger partial charge in [-0.05, 0) is 25.7 Å². The number of carbonyl (C=O) groups is 1. The number of hydrogen-bond acceptors (Lipinski definition) is 3. The number of guanidine groups is 1. The molecule has 1 N–H and O–H groups in total. The molecule has 0 saturated heterocycles. The van der Waals surface area contributed by atoms with Crippen molar-refractivity contribution in [3.8, 4) is 0 Å². The quantitative estimate of drug-likeness (QED) is 0.837. The highest BCUT2D eigenvalue weighted by Crippen LogP contribution is 2.25. The number of aliphatic imine (C=N–C) groups is 1. The lowest BCUT2D eigenvalue weighted by Gasteiger charge is -2.34. The molecular weight excluding hydrogens is 318 g/mol. The molecule has 0 radical (unpaired) electrons. The van der Waals surface area contributed by atoms with Crippen molar-refractivity contribution in [2.75, 3.05) is 6.54 Å². The van der Waals surface area contributed by atoms with E-state index in [4.69, 9.17) is 0 Å². The summed E-state index contributed by atoms with van der Waals surface area (Å²) in [6.45, 7) is 0.353. The smallest absolute Gasteiger partial charge is 0.251 e. The molecule has 20 heavy (non-hydrogen) atoms. The highest BCUT2D eigenvalue weighted by atomic mass is 79.9. The minimum atomic E-state index is 0. The maximum atomic E-state index is 12.1. The van der Waals surface area contributed by atoms with Gasteiger partial charge in [-0.15, -0.1) is 17.0 Å². The molecule has 0 aromatic heterocycles. The summed E-state index contributed by atoms with van der Waals surface area (Å²) < 4.78 is 0. The molecule has 2 saturated carbocycles. The Morgan fingerprint density at radius 3 is 2.20 bits per heavy atom. The van der Waals surface area contributed by atoms with E-state index in [0.29, 0.717) is 18.6 Å². The SMILES string of the molecule is Br.O=C1CN=C(NC2CCCCC2)N1C1CCCCC1. The van der Waals surface area contributed by atoms with Crippen LogP contribution in [-0.2, 0) is 4.79 Å². The Balaban J connectivity index is 0.00000147. The molecule has 3 aliphatic rings. The van der Waals surface area contributed by atoms with E-state index < -0.39 is 0 Å². The summed E-state index contributed by atoms with van der Waals surface area (Å²) in [6.07, 6.45) is 12.6. The van der Waals surface area contributed by atoms with Crippen LogP contribution in [0.1, 0.15) is 64.2 Å². The van der Waals surface area contributed by atoms with Crippen molar-refractivity contribution < 1.29 is 4.79 Å². The molecule has 0 unspecified atom stereocenters. The third-order valence-electron chi connectivity index (χ3n) is 4.74. The maximum absolute atomic E-state index is 12.1. The van der Waals surface area contributed by atoms with Gasteiger partial charge in [0.2, 0.25) is 5.96 Å². The maximum Gasteiger partial charge on any atom is 0.251 e. The Morgan fingerprint density at radius 1 is 0.950 bits per heavy atom. The highest BCUT2D eigenvalue weighted by molar-refractivity contribution is 8.93. The summed E-state index contributed by atoms with van der Waals surface area (Å²) in [4.78, 5) is 18.5. The average molecular weight is 344 g/mol. The summed E-state index contributed by atoms with van der Waals surface area (Å²) in [5, 5.41) is 3.55. The summed E-state index contributed by atoms with van der Waals surface area (Å²) in [6, 6.07) is 0.933. The van der Waals surface area contributed by atoms with Crippen LogP contribution in [0, 0.1) is 0 Å². The minimum absolute atomic E-state index is 0. The average Bonchev–Trinajstić information content (AvgIpc) is 2.82. The van der Waals surface area contributed by atoms with E-state index >= 15 is 0 Å². The Morgan fingerprint density at radius 2 is 1.55 bits per heavy atom. The van der Waals surface area contributed by atoms with Crippen molar-refractivity contribution >= 4 is 28.8 Å². The van der Waals surface area contributed by atoms with Gasteiger partial charge in [0.05, 0.1) is 0 Å². The molecule has 0 aromatic carbocycles. The second-order valence-corrected chi connectivity index (χ2v) is 6.17. The predicted octanol–water partition coefficient (Wildman–Crippen LogP) is 3.02. The van der Waals surface area contributed by atoms with Gasteiger partial charge in [0.25, 0.3) is 5.91 Å². The molecule has 114 valence electrons. The largest absolute Gasteiger partial charge is 0.353 e. The molecule has 0 bridgehead atoms. The Bertz CT molecular complexity index is 360. The molecule has 0 atom stereocenters. The van der Waals surface area contributed by atoms with Crippen LogP contribution < -0.4 is 5.32 Å². The fourth-order valence-electron chi connectivity index (χ4n) is 3.67. The molecule has 2 fully saturated rings. The molecule has 1 heterocycles. The first kappa shape index (κ1) is 15.8. The highest BCUT2D eigenvalue weighted by Gasteiger charge is 2.34. The topological polar surface area (TPSA) is 44.7 Å². The van der Waals surface area contributed by atoms with E-state index in [9.17, 15) is 4.79 Å². The molecule has 5 heteroatoms. The van der Waals surface area contributed by atoms with E-state index in [1.165, 1.54) is 51.4 Å². The number of halogens is 1. The van der Waals surface area contributed by atoms with Crippen LogP contribution in [0.5, 0.6) is 0 Å². The lowest BCUT2D eigenvalue weighted by molar-refractivity contribution is -0.126. The number of hydrogen-bond donors (Lipinski definition) is 1. The predicted molar refractivity (Wildman–Crippen MR) is 86.4 cm³/mol. The van der Waals surface area contributed by atoms with Crippen LogP contribution in [0.25, 0.3) is 0 Å². The van der Waals surface area contributed by atoms with E-state index in [-0.39, 0.29) is 22.9 Å². The zero-order valence-corrected chi connectivity index (χ0v) is 13.9. The molecule has 1 aliphatic heterocycles. The van der Waals surface area contributed by atoms with E-state index in [1.54, 1.807) is 0 Å². The van der Waals surface area contributed by atoms with Gasteiger partial charge in [-0.25, -0.2) is 4.99 Å². The molecule has 0 aromatic rings. The third-order valence-corrected chi connectivity index (χ3v) is 4.74.